The number of aromatic hydroxyl groups is 1. The number of H-pyrrole nitrogens is 1. The maximum Gasteiger partial charge on any atom is 0.195 e. The molecule has 0 amide bonds. The third-order valence-electron chi connectivity index (χ3n) is 2.20. The van der Waals surface area contributed by atoms with Crippen LogP contribution in [0.1, 0.15) is 0 Å². The molecule has 0 aliphatic carbocycles. The molecule has 2 rings (SSSR count). The van der Waals surface area contributed by atoms with E-state index in [0.29, 0.717) is 11.3 Å². The predicted octanol–water partition coefficient (Wildman–Crippen LogP) is 1.67. The van der Waals surface area contributed by atoms with Crippen LogP contribution in [0.5, 0.6) is 5.75 Å². The molecule has 0 saturated heterocycles. The molecule has 0 bridgehead atoms. The second-order valence-electron chi connectivity index (χ2n) is 3.30. The molecule has 1 aromatic heterocycles. The van der Waals surface area contributed by atoms with Crippen molar-refractivity contribution in [1.82, 2.24) is 14.8 Å². The monoisotopic (exact) mass is 251 g/mol. The molecule has 17 heavy (non-hydrogen) atoms. The SMILES string of the molecule is C=CCn1c(-c2ccc(O)cc2)n[nH]c1=S.O. The van der Waals surface area contributed by atoms with Crippen LogP contribution in [0.4, 0.5) is 0 Å². The van der Waals surface area contributed by atoms with Crippen LogP contribution in [0.3, 0.4) is 0 Å². The highest BCUT2D eigenvalue weighted by molar-refractivity contribution is 7.71. The summed E-state index contributed by atoms with van der Waals surface area (Å²) in [5.74, 6) is 0.970. The number of hydrogen-bond acceptors (Lipinski definition) is 3. The van der Waals surface area contributed by atoms with Gasteiger partial charge in [-0.3, -0.25) is 9.67 Å². The van der Waals surface area contributed by atoms with Crippen LogP contribution in [0.25, 0.3) is 11.4 Å². The molecule has 0 aliphatic rings. The van der Waals surface area contributed by atoms with Crippen LogP contribution in [-0.4, -0.2) is 25.3 Å². The Hall–Kier alpha value is -1.92. The van der Waals surface area contributed by atoms with Crippen molar-refractivity contribution < 1.29 is 10.6 Å². The van der Waals surface area contributed by atoms with E-state index in [0.717, 1.165) is 11.4 Å². The highest BCUT2D eigenvalue weighted by atomic mass is 32.1. The third-order valence-corrected chi connectivity index (χ3v) is 2.51. The highest BCUT2D eigenvalue weighted by Gasteiger charge is 2.07. The van der Waals surface area contributed by atoms with Gasteiger partial charge in [0.15, 0.2) is 10.6 Å². The van der Waals surface area contributed by atoms with E-state index in [-0.39, 0.29) is 11.2 Å². The van der Waals surface area contributed by atoms with Gasteiger partial charge in [-0.25, -0.2) is 0 Å². The number of phenols is 1. The minimum Gasteiger partial charge on any atom is -0.508 e. The molecular formula is C11H13N3O2S. The predicted molar refractivity (Wildman–Crippen MR) is 68.3 cm³/mol. The quantitative estimate of drug-likeness (QED) is 0.642. The fourth-order valence-corrected chi connectivity index (χ4v) is 1.65. The van der Waals surface area contributed by atoms with Crippen LogP contribution < -0.4 is 0 Å². The second-order valence-corrected chi connectivity index (χ2v) is 3.69. The zero-order valence-corrected chi connectivity index (χ0v) is 9.87. The summed E-state index contributed by atoms with van der Waals surface area (Å²) in [6, 6.07) is 6.82. The minimum absolute atomic E-state index is 0. The van der Waals surface area contributed by atoms with E-state index in [1.165, 1.54) is 0 Å². The Kier molecular flexibility index (Phi) is 4.19. The smallest absolute Gasteiger partial charge is 0.195 e. The summed E-state index contributed by atoms with van der Waals surface area (Å²) in [6.07, 6.45) is 1.76. The average molecular weight is 251 g/mol. The molecule has 0 atom stereocenters. The van der Waals surface area contributed by atoms with Crippen molar-refractivity contribution in [2.24, 2.45) is 0 Å². The largest absolute Gasteiger partial charge is 0.508 e. The highest BCUT2D eigenvalue weighted by Crippen LogP contribution is 2.20. The van der Waals surface area contributed by atoms with Gasteiger partial charge in [0.25, 0.3) is 0 Å². The van der Waals surface area contributed by atoms with Crippen LogP contribution >= 0.6 is 12.2 Å². The summed E-state index contributed by atoms with van der Waals surface area (Å²) in [5, 5.41) is 16.1. The Morgan fingerprint density at radius 2 is 2.06 bits per heavy atom. The Balaban J connectivity index is 0.00000144. The number of phenolic OH excluding ortho intramolecular Hbond substituents is 1. The van der Waals surface area contributed by atoms with Crippen molar-refractivity contribution in [2.75, 3.05) is 0 Å². The lowest BCUT2D eigenvalue weighted by Crippen LogP contribution is -1.98. The van der Waals surface area contributed by atoms with E-state index in [1.807, 2.05) is 4.57 Å². The first-order valence-electron chi connectivity index (χ1n) is 4.78. The van der Waals surface area contributed by atoms with E-state index in [1.54, 1.807) is 30.3 Å². The van der Waals surface area contributed by atoms with E-state index >= 15 is 0 Å². The van der Waals surface area contributed by atoms with Crippen molar-refractivity contribution in [3.8, 4) is 17.1 Å². The lowest BCUT2D eigenvalue weighted by molar-refractivity contribution is 0.475. The van der Waals surface area contributed by atoms with E-state index in [4.69, 9.17) is 12.2 Å². The summed E-state index contributed by atoms with van der Waals surface area (Å²) >= 11 is 5.11. The van der Waals surface area contributed by atoms with Gasteiger partial charge in [0.2, 0.25) is 0 Å². The summed E-state index contributed by atoms with van der Waals surface area (Å²) in [4.78, 5) is 0. The molecule has 0 fully saturated rings. The van der Waals surface area contributed by atoms with Gasteiger partial charge >= 0.3 is 0 Å². The normalized spacial score (nSPS) is 9.65. The Morgan fingerprint density at radius 3 is 2.65 bits per heavy atom. The van der Waals surface area contributed by atoms with Gasteiger partial charge in [-0.15, -0.1) is 6.58 Å². The first kappa shape index (κ1) is 13.1. The minimum atomic E-state index is 0. The average Bonchev–Trinajstić information content (AvgIpc) is 2.63. The molecule has 5 nitrogen and oxygen atoms in total. The fourth-order valence-electron chi connectivity index (χ4n) is 1.45. The number of aromatic amines is 1. The van der Waals surface area contributed by atoms with Gasteiger partial charge in [-0.1, -0.05) is 6.08 Å². The summed E-state index contributed by atoms with van der Waals surface area (Å²) in [6.45, 7) is 4.28. The zero-order chi connectivity index (χ0) is 11.5. The van der Waals surface area contributed by atoms with Gasteiger partial charge in [-0.2, -0.15) is 5.10 Å². The summed E-state index contributed by atoms with van der Waals surface area (Å²) in [7, 11) is 0. The molecule has 0 radical (unpaired) electrons. The van der Waals surface area contributed by atoms with E-state index in [2.05, 4.69) is 16.8 Å². The molecule has 1 heterocycles. The van der Waals surface area contributed by atoms with E-state index in [9.17, 15) is 5.11 Å². The van der Waals surface area contributed by atoms with Crippen molar-refractivity contribution in [2.45, 2.75) is 6.54 Å². The molecule has 0 saturated carbocycles. The fraction of sp³-hybridized carbons (Fsp3) is 0.0909. The molecule has 0 unspecified atom stereocenters. The molecule has 0 aliphatic heterocycles. The van der Waals surface area contributed by atoms with Gasteiger partial charge in [0.1, 0.15) is 5.75 Å². The van der Waals surface area contributed by atoms with Crippen LogP contribution in [-0.2, 0) is 6.54 Å². The Labute approximate surface area is 103 Å². The summed E-state index contributed by atoms with van der Waals surface area (Å²) in [5.41, 5.74) is 0.895. The first-order valence-corrected chi connectivity index (χ1v) is 5.18. The lowest BCUT2D eigenvalue weighted by Gasteiger charge is -2.03. The van der Waals surface area contributed by atoms with Crippen LogP contribution in [0, 0.1) is 4.77 Å². The Bertz CT molecular complexity index is 557. The maximum absolute atomic E-state index is 9.21. The van der Waals surface area contributed by atoms with Crippen molar-refractivity contribution in [1.29, 1.82) is 0 Å². The number of benzene rings is 1. The number of rotatable bonds is 3. The molecule has 2 aromatic rings. The van der Waals surface area contributed by atoms with Gasteiger partial charge < -0.3 is 10.6 Å². The number of allylic oxidation sites excluding steroid dienone is 1. The first-order chi connectivity index (χ1) is 7.72. The third kappa shape index (κ3) is 2.61. The number of nitrogens with one attached hydrogen (secondary N) is 1. The lowest BCUT2D eigenvalue weighted by atomic mass is 10.2. The summed E-state index contributed by atoms with van der Waals surface area (Å²) < 4.78 is 2.40. The molecular weight excluding hydrogens is 238 g/mol. The molecule has 0 spiro atoms. The zero-order valence-electron chi connectivity index (χ0n) is 9.05. The Morgan fingerprint density at radius 1 is 1.41 bits per heavy atom. The van der Waals surface area contributed by atoms with Crippen molar-refractivity contribution >= 4 is 12.2 Å². The van der Waals surface area contributed by atoms with Gasteiger partial charge in [0.05, 0.1) is 0 Å². The molecule has 4 N–H and O–H groups in total. The number of hydrogen-bond donors (Lipinski definition) is 2. The van der Waals surface area contributed by atoms with Gasteiger partial charge in [0, 0.05) is 12.1 Å². The molecule has 6 heteroatoms. The molecule has 1 aromatic carbocycles. The van der Waals surface area contributed by atoms with E-state index < -0.39 is 0 Å². The number of nitrogens with zero attached hydrogens (tertiary/aromatic N) is 2. The topological polar surface area (TPSA) is 85.3 Å². The molecule has 90 valence electrons. The number of aromatic nitrogens is 3. The maximum atomic E-state index is 9.21. The van der Waals surface area contributed by atoms with Crippen molar-refractivity contribution in [3.63, 3.8) is 0 Å². The van der Waals surface area contributed by atoms with Gasteiger partial charge in [-0.05, 0) is 36.5 Å². The van der Waals surface area contributed by atoms with Crippen LogP contribution in [0.2, 0.25) is 0 Å². The van der Waals surface area contributed by atoms with Crippen LogP contribution in [0.15, 0.2) is 36.9 Å². The second kappa shape index (κ2) is 5.42. The van der Waals surface area contributed by atoms with Crippen molar-refractivity contribution in [3.05, 3.63) is 41.7 Å². The standard InChI is InChI=1S/C11H11N3OS.H2O/c1-2-7-14-10(12-13-11(14)16)8-3-5-9(15)6-4-8;/h2-6,15H,1,7H2,(H,13,16);1H2.